The summed E-state index contributed by atoms with van der Waals surface area (Å²) in [5.74, 6) is 0.681. The molecule has 3 heteroatoms. The van der Waals surface area contributed by atoms with Crippen molar-refractivity contribution in [1.29, 1.82) is 0 Å². The molecule has 0 amide bonds. The van der Waals surface area contributed by atoms with Crippen molar-refractivity contribution in [3.05, 3.63) is 64.1 Å². The highest BCUT2D eigenvalue weighted by Gasteiger charge is 2.06. The van der Waals surface area contributed by atoms with E-state index in [1.165, 1.54) is 5.56 Å². The number of hydrogen-bond acceptors (Lipinski definition) is 2. The third-order valence-corrected chi connectivity index (χ3v) is 3.03. The maximum absolute atomic E-state index is 11.9. The van der Waals surface area contributed by atoms with Crippen molar-refractivity contribution in [3.8, 4) is 5.75 Å². The van der Waals surface area contributed by atoms with Crippen molar-refractivity contribution in [3.63, 3.8) is 0 Å². The predicted octanol–water partition coefficient (Wildman–Crippen LogP) is 4.02. The van der Waals surface area contributed by atoms with Crippen molar-refractivity contribution >= 4 is 21.7 Å². The van der Waals surface area contributed by atoms with Gasteiger partial charge in [0.1, 0.15) is 5.75 Å². The fourth-order valence-electron chi connectivity index (χ4n) is 1.53. The number of halogens is 1. The molecule has 0 aliphatic rings. The van der Waals surface area contributed by atoms with Gasteiger partial charge in [-0.3, -0.25) is 4.79 Å². The first-order chi connectivity index (χ1) is 8.65. The zero-order chi connectivity index (χ0) is 13.0. The highest BCUT2D eigenvalue weighted by molar-refractivity contribution is 9.10. The SMILES string of the molecule is Cc1ccc(OCC(=O)c2cccc(Br)c2)cc1. The van der Waals surface area contributed by atoms with Gasteiger partial charge in [0.2, 0.25) is 0 Å². The van der Waals surface area contributed by atoms with Crippen LogP contribution < -0.4 is 4.74 Å². The Kier molecular flexibility index (Phi) is 4.15. The molecule has 2 nitrogen and oxygen atoms in total. The van der Waals surface area contributed by atoms with Crippen LogP contribution in [0.25, 0.3) is 0 Å². The molecule has 2 rings (SSSR count). The van der Waals surface area contributed by atoms with Crippen LogP contribution in [0, 0.1) is 6.92 Å². The van der Waals surface area contributed by atoms with E-state index in [4.69, 9.17) is 4.74 Å². The molecule has 0 saturated carbocycles. The second-order valence-electron chi connectivity index (χ2n) is 4.04. The molecule has 92 valence electrons. The molecule has 2 aromatic carbocycles. The van der Waals surface area contributed by atoms with Crippen molar-refractivity contribution in [2.75, 3.05) is 6.61 Å². The van der Waals surface area contributed by atoms with Gasteiger partial charge in [0.05, 0.1) is 0 Å². The summed E-state index contributed by atoms with van der Waals surface area (Å²) < 4.78 is 6.34. The highest BCUT2D eigenvalue weighted by atomic mass is 79.9. The van der Waals surface area contributed by atoms with Crippen LogP contribution >= 0.6 is 15.9 Å². The molecule has 0 fully saturated rings. The van der Waals surface area contributed by atoms with E-state index in [1.807, 2.05) is 43.3 Å². The Morgan fingerprint density at radius 1 is 1.17 bits per heavy atom. The smallest absolute Gasteiger partial charge is 0.200 e. The molecule has 0 atom stereocenters. The molecule has 0 aromatic heterocycles. The summed E-state index contributed by atoms with van der Waals surface area (Å²) in [5, 5.41) is 0. The number of hydrogen-bond donors (Lipinski definition) is 0. The second kappa shape index (κ2) is 5.83. The molecule has 0 unspecified atom stereocenters. The maximum atomic E-state index is 11.9. The van der Waals surface area contributed by atoms with Gasteiger partial charge in [-0.1, -0.05) is 45.8 Å². The van der Waals surface area contributed by atoms with Gasteiger partial charge in [0, 0.05) is 10.0 Å². The number of ketones is 1. The van der Waals surface area contributed by atoms with Crippen molar-refractivity contribution in [1.82, 2.24) is 0 Å². The number of carbonyl (C=O) groups excluding carboxylic acids is 1. The van der Waals surface area contributed by atoms with Crippen LogP contribution in [0.5, 0.6) is 5.75 Å². The Labute approximate surface area is 115 Å². The number of carbonyl (C=O) groups is 1. The van der Waals surface area contributed by atoms with Gasteiger partial charge in [0.15, 0.2) is 12.4 Å². The van der Waals surface area contributed by atoms with Crippen LogP contribution in [0.1, 0.15) is 15.9 Å². The Balaban J connectivity index is 1.98. The van der Waals surface area contributed by atoms with E-state index >= 15 is 0 Å². The molecule has 18 heavy (non-hydrogen) atoms. The van der Waals surface area contributed by atoms with E-state index in [1.54, 1.807) is 12.1 Å². The van der Waals surface area contributed by atoms with Gasteiger partial charge in [-0.05, 0) is 31.2 Å². The highest BCUT2D eigenvalue weighted by Crippen LogP contribution is 2.14. The van der Waals surface area contributed by atoms with Crippen molar-refractivity contribution in [2.24, 2.45) is 0 Å². The Morgan fingerprint density at radius 2 is 1.89 bits per heavy atom. The first-order valence-electron chi connectivity index (χ1n) is 5.63. The number of ether oxygens (including phenoxy) is 1. The fraction of sp³-hybridized carbons (Fsp3) is 0.133. The molecule has 0 saturated heterocycles. The second-order valence-corrected chi connectivity index (χ2v) is 4.95. The molecule has 0 aliphatic heterocycles. The zero-order valence-electron chi connectivity index (χ0n) is 10.0. The third kappa shape index (κ3) is 3.44. The molecule has 0 radical (unpaired) electrons. The summed E-state index contributed by atoms with van der Waals surface area (Å²) in [6, 6.07) is 14.9. The van der Waals surface area contributed by atoms with Crippen LogP contribution in [-0.4, -0.2) is 12.4 Å². The van der Waals surface area contributed by atoms with E-state index in [2.05, 4.69) is 15.9 Å². The molecular formula is C15H13BrO2. The number of Topliss-reactive ketones (excluding diaryl/α,β-unsaturated/α-hetero) is 1. The van der Waals surface area contributed by atoms with Gasteiger partial charge in [-0.25, -0.2) is 0 Å². The van der Waals surface area contributed by atoms with E-state index < -0.39 is 0 Å². The van der Waals surface area contributed by atoms with E-state index in [-0.39, 0.29) is 12.4 Å². The van der Waals surface area contributed by atoms with Gasteiger partial charge >= 0.3 is 0 Å². The first-order valence-corrected chi connectivity index (χ1v) is 6.43. The Hall–Kier alpha value is -1.61. The summed E-state index contributed by atoms with van der Waals surface area (Å²) in [6.45, 7) is 2.07. The van der Waals surface area contributed by atoms with Crippen LogP contribution in [0.2, 0.25) is 0 Å². The monoisotopic (exact) mass is 304 g/mol. The molecule has 0 heterocycles. The Morgan fingerprint density at radius 3 is 2.56 bits per heavy atom. The molecule has 0 N–H and O–H groups in total. The minimum atomic E-state index is -0.0307. The number of rotatable bonds is 4. The van der Waals surface area contributed by atoms with Gasteiger partial charge in [-0.2, -0.15) is 0 Å². The van der Waals surface area contributed by atoms with Crippen molar-refractivity contribution < 1.29 is 9.53 Å². The molecule has 0 spiro atoms. The third-order valence-electron chi connectivity index (χ3n) is 2.54. The summed E-state index contributed by atoms with van der Waals surface area (Å²) in [6.07, 6.45) is 0. The van der Waals surface area contributed by atoms with E-state index in [9.17, 15) is 4.79 Å². The van der Waals surface area contributed by atoms with Gasteiger partial charge in [0.25, 0.3) is 0 Å². The zero-order valence-corrected chi connectivity index (χ0v) is 11.6. The van der Waals surface area contributed by atoms with Gasteiger partial charge < -0.3 is 4.74 Å². The summed E-state index contributed by atoms with van der Waals surface area (Å²) in [4.78, 5) is 11.9. The largest absolute Gasteiger partial charge is 0.485 e. The topological polar surface area (TPSA) is 26.3 Å². The van der Waals surface area contributed by atoms with Crippen LogP contribution in [0.15, 0.2) is 53.0 Å². The lowest BCUT2D eigenvalue weighted by Crippen LogP contribution is -2.11. The lowest BCUT2D eigenvalue weighted by atomic mass is 10.1. The van der Waals surface area contributed by atoms with E-state index in [0.29, 0.717) is 11.3 Å². The standard InChI is InChI=1S/C15H13BrO2/c1-11-5-7-14(8-6-11)18-10-15(17)12-3-2-4-13(16)9-12/h2-9H,10H2,1H3. The number of aryl methyl sites for hydroxylation is 1. The molecular weight excluding hydrogens is 292 g/mol. The van der Waals surface area contributed by atoms with Crippen LogP contribution in [0.4, 0.5) is 0 Å². The quantitative estimate of drug-likeness (QED) is 0.798. The average molecular weight is 305 g/mol. The molecule has 0 aliphatic carbocycles. The lowest BCUT2D eigenvalue weighted by molar-refractivity contribution is 0.0921. The fourth-order valence-corrected chi connectivity index (χ4v) is 1.93. The van der Waals surface area contributed by atoms with E-state index in [0.717, 1.165) is 4.47 Å². The van der Waals surface area contributed by atoms with Crippen LogP contribution in [-0.2, 0) is 0 Å². The molecule has 0 bridgehead atoms. The summed E-state index contributed by atoms with van der Waals surface area (Å²) in [7, 11) is 0. The minimum Gasteiger partial charge on any atom is -0.485 e. The predicted molar refractivity (Wildman–Crippen MR) is 75.1 cm³/mol. The molecule has 2 aromatic rings. The Bertz CT molecular complexity index is 547. The lowest BCUT2D eigenvalue weighted by Gasteiger charge is -2.06. The first kappa shape index (κ1) is 12.8. The maximum Gasteiger partial charge on any atom is 0.200 e. The van der Waals surface area contributed by atoms with Crippen LogP contribution in [0.3, 0.4) is 0 Å². The van der Waals surface area contributed by atoms with Crippen molar-refractivity contribution in [2.45, 2.75) is 6.92 Å². The minimum absolute atomic E-state index is 0.0307. The normalized spacial score (nSPS) is 10.1. The summed E-state index contributed by atoms with van der Waals surface area (Å²) >= 11 is 3.34. The number of benzene rings is 2. The average Bonchev–Trinajstić information content (AvgIpc) is 2.38. The summed E-state index contributed by atoms with van der Waals surface area (Å²) in [5.41, 5.74) is 1.82. The van der Waals surface area contributed by atoms with Gasteiger partial charge in [-0.15, -0.1) is 0 Å².